The van der Waals surface area contributed by atoms with Crippen LogP contribution in [-0.4, -0.2) is 70.2 Å². The van der Waals surface area contributed by atoms with Crippen molar-refractivity contribution >= 4 is 90.1 Å². The van der Waals surface area contributed by atoms with E-state index in [1.807, 2.05) is 0 Å². The fraction of sp³-hybridized carbons (Fsp3) is 0.0606. The molecule has 0 radical (unpaired) electrons. The van der Waals surface area contributed by atoms with Gasteiger partial charge in [-0.2, -0.15) is 28.5 Å². The minimum Gasteiger partial charge on any atom is -0.504 e. The Balaban J connectivity index is 1.55. The molecule has 1 aromatic heterocycles. The molecule has 20 nitrogen and oxygen atoms in total. The second kappa shape index (κ2) is 18.3. The van der Waals surface area contributed by atoms with Crippen molar-refractivity contribution in [1.82, 2.24) is 15.0 Å². The minimum atomic E-state index is -4.94. The number of aromatic carboxylic acids is 1. The second-order valence-electron chi connectivity index (χ2n) is 11.0. The number of sulfone groups is 1. The molecule has 6 N–H and O–H groups in total. The molecule has 0 saturated heterocycles. The van der Waals surface area contributed by atoms with Crippen molar-refractivity contribution in [1.29, 1.82) is 0 Å². The van der Waals surface area contributed by atoms with Crippen LogP contribution in [0.1, 0.15) is 22.8 Å². The number of hydrazone groups is 1. The van der Waals surface area contributed by atoms with E-state index in [0.717, 1.165) is 17.5 Å². The van der Waals surface area contributed by atoms with Crippen LogP contribution in [-0.2, 0) is 29.3 Å². The van der Waals surface area contributed by atoms with Gasteiger partial charge in [-0.25, -0.2) is 18.5 Å². The summed E-state index contributed by atoms with van der Waals surface area (Å²) in [5.74, 6) is -2.60. The number of aromatic hydroxyl groups is 1. The predicted octanol–water partition coefficient (Wildman–Crippen LogP) is 6.98. The van der Waals surface area contributed by atoms with E-state index >= 15 is 0 Å². The van der Waals surface area contributed by atoms with E-state index in [1.165, 1.54) is 41.3 Å². The summed E-state index contributed by atoms with van der Waals surface area (Å²) < 4.78 is 64.0. The van der Waals surface area contributed by atoms with Crippen LogP contribution in [0.25, 0.3) is 0 Å². The number of azo groups is 1. The number of halogens is 1. The first-order valence-electron chi connectivity index (χ1n) is 15.7. The van der Waals surface area contributed by atoms with Crippen LogP contribution < -0.4 is 15.6 Å². The molecule has 0 unspecified atom stereocenters. The maximum atomic E-state index is 12.4. The van der Waals surface area contributed by atoms with Gasteiger partial charge >= 0.3 is 5.97 Å². The number of rotatable bonds is 16. The lowest BCUT2D eigenvalue weighted by molar-refractivity contribution is -0.432. The summed E-state index contributed by atoms with van der Waals surface area (Å²) >= 11 is 6.80. The lowest BCUT2D eigenvalue weighted by Gasteiger charge is -2.22. The van der Waals surface area contributed by atoms with Crippen LogP contribution in [0, 0.1) is 0 Å². The topological polar surface area (TPSA) is 288 Å². The van der Waals surface area contributed by atoms with Gasteiger partial charge in [-0.1, -0.05) is 48.0 Å². The quantitative estimate of drug-likeness (QED) is 0.00852. The minimum absolute atomic E-state index is 0.0463. The van der Waals surface area contributed by atoms with Gasteiger partial charge in [-0.15, -0.1) is 14.6 Å². The monoisotopic (exact) mass is 857 g/mol. The Bertz CT molecular complexity index is 2600. The highest BCUT2D eigenvalue weighted by atomic mass is 35.5. The summed E-state index contributed by atoms with van der Waals surface area (Å²) in [5.41, 5.74) is 2.12. The number of nitrogens with one attached hydrogen (secondary N) is 2. The van der Waals surface area contributed by atoms with Crippen molar-refractivity contribution < 1.29 is 51.0 Å². The van der Waals surface area contributed by atoms with Gasteiger partial charge in [0.05, 0.1) is 38.8 Å². The Labute approximate surface area is 333 Å². The number of carboxylic acids is 1. The smallest absolute Gasteiger partial charge is 0.337 e. The van der Waals surface area contributed by atoms with Gasteiger partial charge in [0.1, 0.15) is 5.69 Å². The fourth-order valence-corrected chi connectivity index (χ4v) is 6.60. The molecule has 0 bridgehead atoms. The number of hydrogen-bond acceptors (Lipinski definition) is 18. The first-order valence-corrected chi connectivity index (χ1v) is 19.8. The number of anilines is 5. The highest BCUT2D eigenvalue weighted by molar-refractivity contribution is 7.94. The molecule has 5 aromatic rings. The molecule has 0 aliphatic carbocycles. The molecule has 0 fully saturated rings. The summed E-state index contributed by atoms with van der Waals surface area (Å²) in [6.45, 7) is 5.28. The van der Waals surface area contributed by atoms with E-state index in [9.17, 15) is 36.4 Å². The lowest BCUT2D eigenvalue weighted by atomic mass is 10.2. The fourth-order valence-electron chi connectivity index (χ4n) is 4.77. The Morgan fingerprint density at radius 1 is 0.982 bits per heavy atom. The van der Waals surface area contributed by atoms with Crippen molar-refractivity contribution in [2.75, 3.05) is 22.2 Å². The Morgan fingerprint density at radius 3 is 2.40 bits per heavy atom. The maximum absolute atomic E-state index is 12.4. The number of phenolic OH excluding ortho intramolecular Hbond substituents is 1. The Morgan fingerprint density at radius 2 is 1.74 bits per heavy atom. The van der Waals surface area contributed by atoms with Crippen LogP contribution in [0.3, 0.4) is 0 Å². The first-order chi connectivity index (χ1) is 27.1. The molecule has 296 valence electrons. The highest BCUT2D eigenvalue weighted by Gasteiger charge is 2.21. The molecule has 0 aliphatic rings. The molecule has 0 amide bonds. The number of phenols is 1. The number of nitrogens with zero attached hydrogens (tertiary/aromatic N) is 7. The summed E-state index contributed by atoms with van der Waals surface area (Å²) in [6, 6.07) is 19.6. The molecule has 0 saturated carbocycles. The first kappa shape index (κ1) is 42.1. The van der Waals surface area contributed by atoms with E-state index in [0.29, 0.717) is 28.2 Å². The standard InChI is InChI=1S/C33H28ClN9O11S3/c1-3-43(20-11-8-12-22(15-20)56(48,49)4-2)33-37-31(34)36-32(38-33)35-26-17-23(57(50,51)52)18-27(28(26)44)40-42-29(19-9-6-5-7-10-19)41-39-25-16-21(55-54-53-47)13-14-24(25)30(45)46/h4-18,39,44,47H,2-3H2,1H3,(H,45,46)(H,50,51,52)(H,35,36,37,38)/b41-29-,42-40?. The number of amidine groups is 1. The van der Waals surface area contributed by atoms with Crippen LogP contribution in [0.15, 0.2) is 127 Å². The molecule has 0 atom stereocenters. The molecular weight excluding hydrogens is 830 g/mol. The normalized spacial score (nSPS) is 12.0. The lowest BCUT2D eigenvalue weighted by Crippen LogP contribution is -2.20. The third kappa shape index (κ3) is 10.6. The van der Waals surface area contributed by atoms with Gasteiger partial charge in [0.25, 0.3) is 10.1 Å². The number of carbonyl (C=O) groups is 1. The van der Waals surface area contributed by atoms with Gasteiger partial charge in [-0.3, -0.25) is 9.98 Å². The third-order valence-electron chi connectivity index (χ3n) is 7.39. The van der Waals surface area contributed by atoms with E-state index in [2.05, 4.69) is 57.0 Å². The third-order valence-corrected chi connectivity index (χ3v) is 10.3. The van der Waals surface area contributed by atoms with Crippen LogP contribution in [0.2, 0.25) is 5.28 Å². The Hall–Kier alpha value is -6.05. The van der Waals surface area contributed by atoms with Gasteiger partial charge in [0.15, 0.2) is 15.6 Å². The maximum Gasteiger partial charge on any atom is 0.337 e. The number of hydrogen-bond donors (Lipinski definition) is 6. The molecule has 5 rings (SSSR count). The van der Waals surface area contributed by atoms with Crippen molar-refractivity contribution in [2.24, 2.45) is 15.3 Å². The van der Waals surface area contributed by atoms with E-state index < -0.39 is 42.3 Å². The molecule has 0 aliphatic heterocycles. The van der Waals surface area contributed by atoms with E-state index in [-0.39, 0.29) is 51.4 Å². The van der Waals surface area contributed by atoms with Crippen LogP contribution in [0.5, 0.6) is 5.75 Å². The second-order valence-corrected chi connectivity index (χ2v) is 15.4. The molecule has 0 spiro atoms. The zero-order valence-corrected chi connectivity index (χ0v) is 32.2. The van der Waals surface area contributed by atoms with E-state index in [1.54, 1.807) is 43.3 Å². The molecule has 4 aromatic carbocycles. The SMILES string of the molecule is C=CS(=O)(=O)c1cccc(N(CC)c2nc(Cl)nc(Nc3cc(S(=O)(=O)O)cc(N=N/C(=N\Nc4cc(SOOO)ccc4C(=O)O)c4ccccc4)c3O)n2)c1. The Kier molecular flexibility index (Phi) is 13.5. The summed E-state index contributed by atoms with van der Waals surface area (Å²) in [7, 11) is -8.73. The van der Waals surface area contributed by atoms with E-state index in [4.69, 9.17) is 16.9 Å². The van der Waals surface area contributed by atoms with Gasteiger partial charge < -0.3 is 20.4 Å². The number of carboxylic acid groups (broad SMARTS) is 1. The molecule has 1 heterocycles. The highest BCUT2D eigenvalue weighted by Crippen LogP contribution is 2.39. The summed E-state index contributed by atoms with van der Waals surface area (Å²) in [4.78, 5) is 25.4. The zero-order chi connectivity index (χ0) is 41.3. The van der Waals surface area contributed by atoms with Crippen molar-refractivity contribution in [3.05, 3.63) is 113 Å². The molecule has 57 heavy (non-hydrogen) atoms. The zero-order valence-electron chi connectivity index (χ0n) is 29.0. The van der Waals surface area contributed by atoms with Crippen molar-refractivity contribution in [3.8, 4) is 5.75 Å². The van der Waals surface area contributed by atoms with Crippen molar-refractivity contribution in [2.45, 2.75) is 21.6 Å². The number of benzene rings is 4. The average molecular weight is 858 g/mol. The summed E-state index contributed by atoms with van der Waals surface area (Å²) in [5, 5.41) is 48.5. The largest absolute Gasteiger partial charge is 0.504 e. The average Bonchev–Trinajstić information content (AvgIpc) is 3.18. The molecule has 24 heteroatoms. The molecular formula is C33H28ClN9O11S3. The van der Waals surface area contributed by atoms with Gasteiger partial charge in [-0.05, 0) is 67.1 Å². The number of aromatic nitrogens is 3. The van der Waals surface area contributed by atoms with Gasteiger partial charge in [0.2, 0.25) is 23.0 Å². The van der Waals surface area contributed by atoms with Crippen LogP contribution in [0.4, 0.5) is 34.6 Å². The van der Waals surface area contributed by atoms with Gasteiger partial charge in [0, 0.05) is 28.1 Å². The predicted molar refractivity (Wildman–Crippen MR) is 208 cm³/mol. The van der Waals surface area contributed by atoms with Crippen LogP contribution >= 0.6 is 23.6 Å². The summed E-state index contributed by atoms with van der Waals surface area (Å²) in [6.07, 6.45) is 0. The van der Waals surface area contributed by atoms with Crippen molar-refractivity contribution in [3.63, 3.8) is 0 Å².